The van der Waals surface area contributed by atoms with Crippen LogP contribution in [-0.2, 0) is 6.54 Å². The Morgan fingerprint density at radius 2 is 2.32 bits per heavy atom. The van der Waals surface area contributed by atoms with Gasteiger partial charge in [0.2, 0.25) is 0 Å². The molecule has 0 saturated carbocycles. The maximum Gasteiger partial charge on any atom is 0.165 e. The molecular formula is C15H23NO2S. The van der Waals surface area contributed by atoms with Crippen molar-refractivity contribution in [1.82, 2.24) is 5.32 Å². The molecule has 1 atom stereocenters. The molecule has 1 aliphatic rings. The van der Waals surface area contributed by atoms with Crippen LogP contribution in [0.5, 0.6) is 11.5 Å². The summed E-state index contributed by atoms with van der Waals surface area (Å²) in [5, 5.41) is 3.61. The summed E-state index contributed by atoms with van der Waals surface area (Å²) in [4.78, 5) is 0. The Hall–Kier alpha value is -0.870. The molecule has 1 heterocycles. The fourth-order valence-electron chi connectivity index (χ4n) is 2.18. The molecule has 0 bridgehead atoms. The molecule has 1 aromatic rings. The van der Waals surface area contributed by atoms with E-state index in [-0.39, 0.29) is 0 Å². The van der Waals surface area contributed by atoms with Gasteiger partial charge in [-0.05, 0) is 24.7 Å². The predicted molar refractivity (Wildman–Crippen MR) is 81.3 cm³/mol. The molecule has 1 unspecified atom stereocenters. The molecule has 2 rings (SSSR count). The third-order valence-electron chi connectivity index (χ3n) is 3.24. The minimum atomic E-state index is 0.634. The van der Waals surface area contributed by atoms with E-state index in [1.807, 2.05) is 23.9 Å². The van der Waals surface area contributed by atoms with Crippen molar-refractivity contribution >= 4 is 11.8 Å². The zero-order valence-electron chi connectivity index (χ0n) is 11.8. The molecule has 4 heteroatoms. The van der Waals surface area contributed by atoms with E-state index in [0.717, 1.165) is 31.1 Å². The highest BCUT2D eigenvalue weighted by molar-refractivity contribution is 7.99. The largest absolute Gasteiger partial charge is 0.493 e. The number of hydrogen-bond acceptors (Lipinski definition) is 4. The molecule has 0 aromatic heterocycles. The fourth-order valence-corrected chi connectivity index (χ4v) is 3.37. The standard InChI is InChI=1S/C15H23NO2S/c1-3-8-18-15-12(5-4-6-14(15)17-2)10-16-13-7-9-19-11-13/h4-6,13,16H,3,7-11H2,1-2H3. The molecule has 1 saturated heterocycles. The first-order valence-electron chi connectivity index (χ1n) is 6.95. The van der Waals surface area contributed by atoms with Crippen molar-refractivity contribution < 1.29 is 9.47 Å². The van der Waals surface area contributed by atoms with Crippen LogP contribution in [-0.4, -0.2) is 31.3 Å². The molecule has 1 N–H and O–H groups in total. The van der Waals surface area contributed by atoms with Crippen LogP contribution in [0.15, 0.2) is 18.2 Å². The third kappa shape index (κ3) is 4.05. The lowest BCUT2D eigenvalue weighted by molar-refractivity contribution is 0.290. The van der Waals surface area contributed by atoms with E-state index in [1.54, 1.807) is 7.11 Å². The first-order chi connectivity index (χ1) is 9.35. The Morgan fingerprint density at radius 1 is 1.42 bits per heavy atom. The van der Waals surface area contributed by atoms with Crippen LogP contribution in [0.25, 0.3) is 0 Å². The summed E-state index contributed by atoms with van der Waals surface area (Å²) in [6.07, 6.45) is 2.27. The van der Waals surface area contributed by atoms with Crippen molar-refractivity contribution in [2.24, 2.45) is 0 Å². The van der Waals surface area contributed by atoms with Gasteiger partial charge in [0.05, 0.1) is 13.7 Å². The minimum absolute atomic E-state index is 0.634. The number of hydrogen-bond donors (Lipinski definition) is 1. The minimum Gasteiger partial charge on any atom is -0.493 e. The van der Waals surface area contributed by atoms with Crippen LogP contribution < -0.4 is 14.8 Å². The third-order valence-corrected chi connectivity index (χ3v) is 4.40. The van der Waals surface area contributed by atoms with Crippen LogP contribution in [0.2, 0.25) is 0 Å². The molecule has 19 heavy (non-hydrogen) atoms. The summed E-state index contributed by atoms with van der Waals surface area (Å²) in [5.74, 6) is 4.21. The summed E-state index contributed by atoms with van der Waals surface area (Å²) in [7, 11) is 1.69. The molecule has 106 valence electrons. The second kappa shape index (κ2) is 7.65. The SMILES string of the molecule is CCCOc1c(CNC2CCSC2)cccc1OC. The van der Waals surface area contributed by atoms with Crippen molar-refractivity contribution in [2.45, 2.75) is 32.4 Å². The number of nitrogens with one attached hydrogen (secondary N) is 1. The Bertz CT molecular complexity index is 392. The lowest BCUT2D eigenvalue weighted by Gasteiger charge is -2.17. The zero-order chi connectivity index (χ0) is 13.5. The Labute approximate surface area is 120 Å². The highest BCUT2D eigenvalue weighted by Gasteiger charge is 2.16. The fraction of sp³-hybridized carbons (Fsp3) is 0.600. The van der Waals surface area contributed by atoms with Gasteiger partial charge in [-0.3, -0.25) is 0 Å². The second-order valence-corrected chi connectivity index (χ2v) is 5.89. The van der Waals surface area contributed by atoms with E-state index >= 15 is 0 Å². The summed E-state index contributed by atoms with van der Waals surface area (Å²) in [6, 6.07) is 6.73. The van der Waals surface area contributed by atoms with Crippen LogP contribution in [0.4, 0.5) is 0 Å². The number of methoxy groups -OCH3 is 1. The predicted octanol–water partition coefficient (Wildman–Crippen LogP) is 3.08. The molecule has 0 spiro atoms. The second-order valence-electron chi connectivity index (χ2n) is 4.74. The zero-order valence-corrected chi connectivity index (χ0v) is 12.6. The summed E-state index contributed by atoms with van der Waals surface area (Å²) >= 11 is 2.02. The van der Waals surface area contributed by atoms with Gasteiger partial charge in [0, 0.05) is 23.9 Å². The maximum absolute atomic E-state index is 5.85. The van der Waals surface area contributed by atoms with Gasteiger partial charge >= 0.3 is 0 Å². The Balaban J connectivity index is 2.03. The monoisotopic (exact) mass is 281 g/mol. The van der Waals surface area contributed by atoms with E-state index in [9.17, 15) is 0 Å². The van der Waals surface area contributed by atoms with Crippen LogP contribution in [0.3, 0.4) is 0 Å². The van der Waals surface area contributed by atoms with Gasteiger partial charge in [0.25, 0.3) is 0 Å². The van der Waals surface area contributed by atoms with Crippen molar-refractivity contribution in [3.05, 3.63) is 23.8 Å². The molecule has 0 radical (unpaired) electrons. The van der Waals surface area contributed by atoms with Crippen molar-refractivity contribution in [1.29, 1.82) is 0 Å². The van der Waals surface area contributed by atoms with Gasteiger partial charge < -0.3 is 14.8 Å². The van der Waals surface area contributed by atoms with E-state index in [2.05, 4.69) is 18.3 Å². The molecule has 1 aromatic carbocycles. The van der Waals surface area contributed by atoms with Crippen molar-refractivity contribution in [2.75, 3.05) is 25.2 Å². The Kier molecular flexibility index (Phi) is 5.86. The maximum atomic E-state index is 5.85. The van der Waals surface area contributed by atoms with E-state index in [1.165, 1.54) is 23.5 Å². The molecule has 0 aliphatic carbocycles. The summed E-state index contributed by atoms with van der Waals surface area (Å²) in [6.45, 7) is 3.69. The number of para-hydroxylation sites is 1. The van der Waals surface area contributed by atoms with Gasteiger partial charge in [0.1, 0.15) is 0 Å². The highest BCUT2D eigenvalue weighted by atomic mass is 32.2. The van der Waals surface area contributed by atoms with Gasteiger partial charge in [-0.2, -0.15) is 11.8 Å². The lowest BCUT2D eigenvalue weighted by Crippen LogP contribution is -2.28. The first-order valence-corrected chi connectivity index (χ1v) is 8.10. The number of ether oxygens (including phenoxy) is 2. The van der Waals surface area contributed by atoms with Gasteiger partial charge in [-0.1, -0.05) is 19.1 Å². The summed E-state index contributed by atoms with van der Waals surface area (Å²) < 4.78 is 11.3. The average molecular weight is 281 g/mol. The van der Waals surface area contributed by atoms with Crippen LogP contribution in [0, 0.1) is 0 Å². The van der Waals surface area contributed by atoms with Crippen molar-refractivity contribution in [3.63, 3.8) is 0 Å². The molecular weight excluding hydrogens is 258 g/mol. The molecule has 0 amide bonds. The average Bonchev–Trinajstić information content (AvgIpc) is 2.96. The van der Waals surface area contributed by atoms with E-state index < -0.39 is 0 Å². The van der Waals surface area contributed by atoms with Crippen LogP contribution in [0.1, 0.15) is 25.3 Å². The lowest BCUT2D eigenvalue weighted by atomic mass is 10.1. The normalized spacial score (nSPS) is 18.5. The summed E-state index contributed by atoms with van der Waals surface area (Å²) in [5.41, 5.74) is 1.18. The molecule has 1 fully saturated rings. The topological polar surface area (TPSA) is 30.5 Å². The van der Waals surface area contributed by atoms with E-state index in [4.69, 9.17) is 9.47 Å². The quantitative estimate of drug-likeness (QED) is 0.832. The van der Waals surface area contributed by atoms with Crippen molar-refractivity contribution in [3.8, 4) is 11.5 Å². The van der Waals surface area contributed by atoms with E-state index in [0.29, 0.717) is 6.04 Å². The molecule has 3 nitrogen and oxygen atoms in total. The highest BCUT2D eigenvalue weighted by Crippen LogP contribution is 2.31. The number of thioether (sulfide) groups is 1. The van der Waals surface area contributed by atoms with Crippen LogP contribution >= 0.6 is 11.8 Å². The first kappa shape index (κ1) is 14.5. The molecule has 1 aliphatic heterocycles. The van der Waals surface area contributed by atoms with Gasteiger partial charge in [-0.15, -0.1) is 0 Å². The Morgan fingerprint density at radius 3 is 3.00 bits per heavy atom. The number of rotatable bonds is 7. The van der Waals surface area contributed by atoms with Gasteiger partial charge in [0.15, 0.2) is 11.5 Å². The number of benzene rings is 1. The smallest absolute Gasteiger partial charge is 0.165 e. The van der Waals surface area contributed by atoms with Gasteiger partial charge in [-0.25, -0.2) is 0 Å².